The van der Waals surface area contributed by atoms with Crippen LogP contribution in [0.1, 0.15) is 35.8 Å². The van der Waals surface area contributed by atoms with E-state index in [1.54, 1.807) is 6.92 Å². The Labute approximate surface area is 106 Å². The highest BCUT2D eigenvalue weighted by Gasteiger charge is 2.23. The van der Waals surface area contributed by atoms with Gasteiger partial charge in [-0.25, -0.2) is 0 Å². The second-order valence-electron chi connectivity index (χ2n) is 4.77. The van der Waals surface area contributed by atoms with Crippen molar-refractivity contribution in [2.75, 3.05) is 0 Å². The summed E-state index contributed by atoms with van der Waals surface area (Å²) in [5.41, 5.74) is 3.82. The summed E-state index contributed by atoms with van der Waals surface area (Å²) in [5, 5.41) is 4.64. The summed E-state index contributed by atoms with van der Waals surface area (Å²) >= 11 is 0. The number of hydrogen-bond donors (Lipinski definition) is 0. The van der Waals surface area contributed by atoms with Gasteiger partial charge in [0.25, 0.3) is 0 Å². The summed E-state index contributed by atoms with van der Waals surface area (Å²) < 4.78 is 2.02. The highest BCUT2D eigenvalue weighted by molar-refractivity contribution is 6.01. The van der Waals surface area contributed by atoms with Crippen molar-refractivity contribution in [3.05, 3.63) is 41.6 Å². The topological polar surface area (TPSA) is 34.9 Å². The molecule has 3 heteroatoms. The second kappa shape index (κ2) is 4.41. The van der Waals surface area contributed by atoms with Gasteiger partial charge < -0.3 is 0 Å². The third-order valence-electron chi connectivity index (χ3n) is 3.49. The molecule has 0 spiro atoms. The van der Waals surface area contributed by atoms with E-state index in [1.807, 2.05) is 35.0 Å². The second-order valence-corrected chi connectivity index (χ2v) is 4.77. The molecule has 0 unspecified atom stereocenters. The molecule has 2 heterocycles. The van der Waals surface area contributed by atoms with Crippen molar-refractivity contribution in [2.45, 2.75) is 32.7 Å². The normalized spacial score (nSPS) is 14.3. The van der Waals surface area contributed by atoms with E-state index in [0.717, 1.165) is 48.3 Å². The highest BCUT2D eigenvalue weighted by Crippen LogP contribution is 2.29. The molecule has 0 saturated carbocycles. The van der Waals surface area contributed by atoms with Gasteiger partial charge in [-0.05, 0) is 26.2 Å². The van der Waals surface area contributed by atoms with Crippen LogP contribution in [0.4, 0.5) is 0 Å². The van der Waals surface area contributed by atoms with E-state index in [0.29, 0.717) is 0 Å². The zero-order valence-electron chi connectivity index (χ0n) is 10.5. The SMILES string of the molecule is CC(=O)c1c(-c2ccccc2)nn2c1CCCC2. The highest BCUT2D eigenvalue weighted by atomic mass is 16.1. The van der Waals surface area contributed by atoms with Gasteiger partial charge in [-0.1, -0.05) is 30.3 Å². The minimum absolute atomic E-state index is 0.122. The van der Waals surface area contributed by atoms with E-state index in [2.05, 4.69) is 5.10 Å². The summed E-state index contributed by atoms with van der Waals surface area (Å²) in [6.07, 6.45) is 3.27. The first-order valence-corrected chi connectivity index (χ1v) is 6.43. The van der Waals surface area contributed by atoms with E-state index in [1.165, 1.54) is 0 Å². The van der Waals surface area contributed by atoms with Gasteiger partial charge in [-0.15, -0.1) is 0 Å². The Morgan fingerprint density at radius 3 is 2.72 bits per heavy atom. The summed E-state index contributed by atoms with van der Waals surface area (Å²) in [7, 11) is 0. The van der Waals surface area contributed by atoms with Crippen molar-refractivity contribution < 1.29 is 4.79 Å². The van der Waals surface area contributed by atoms with Crippen molar-refractivity contribution in [3.63, 3.8) is 0 Å². The monoisotopic (exact) mass is 240 g/mol. The molecule has 3 nitrogen and oxygen atoms in total. The lowest BCUT2D eigenvalue weighted by Gasteiger charge is -2.13. The summed E-state index contributed by atoms with van der Waals surface area (Å²) in [4.78, 5) is 11.9. The Kier molecular flexibility index (Phi) is 2.74. The fraction of sp³-hybridized carbons (Fsp3) is 0.333. The lowest BCUT2D eigenvalue weighted by Crippen LogP contribution is -2.12. The van der Waals surface area contributed by atoms with E-state index < -0.39 is 0 Å². The first-order valence-electron chi connectivity index (χ1n) is 6.43. The van der Waals surface area contributed by atoms with Gasteiger partial charge >= 0.3 is 0 Å². The lowest BCUT2D eigenvalue weighted by atomic mass is 9.99. The van der Waals surface area contributed by atoms with Crippen LogP contribution in [0.15, 0.2) is 30.3 Å². The minimum atomic E-state index is 0.122. The van der Waals surface area contributed by atoms with Gasteiger partial charge in [0.05, 0.1) is 5.56 Å². The molecule has 0 fully saturated rings. The first-order chi connectivity index (χ1) is 8.77. The number of carbonyl (C=O) groups excluding carboxylic acids is 1. The van der Waals surface area contributed by atoms with E-state index in [9.17, 15) is 4.79 Å². The number of hydrogen-bond acceptors (Lipinski definition) is 2. The van der Waals surface area contributed by atoms with Crippen LogP contribution < -0.4 is 0 Å². The van der Waals surface area contributed by atoms with Gasteiger partial charge in [-0.3, -0.25) is 9.48 Å². The van der Waals surface area contributed by atoms with Crippen LogP contribution in [0.3, 0.4) is 0 Å². The molecule has 92 valence electrons. The molecular weight excluding hydrogens is 224 g/mol. The zero-order chi connectivity index (χ0) is 12.5. The van der Waals surface area contributed by atoms with Crippen molar-refractivity contribution in [2.24, 2.45) is 0 Å². The van der Waals surface area contributed by atoms with E-state index in [4.69, 9.17) is 0 Å². The van der Waals surface area contributed by atoms with Gasteiger partial charge in [0.2, 0.25) is 0 Å². The number of ketones is 1. The van der Waals surface area contributed by atoms with Gasteiger partial charge in [0, 0.05) is 17.8 Å². The standard InChI is InChI=1S/C15H16N2O/c1-11(18)14-13-9-5-6-10-17(13)16-15(14)12-7-3-2-4-8-12/h2-4,7-8H,5-6,9-10H2,1H3. The molecule has 3 rings (SSSR count). The van der Waals surface area contributed by atoms with Crippen molar-refractivity contribution >= 4 is 5.78 Å². The quantitative estimate of drug-likeness (QED) is 0.756. The largest absolute Gasteiger partial charge is 0.294 e. The molecule has 0 bridgehead atoms. The van der Waals surface area contributed by atoms with Crippen LogP contribution in [0.5, 0.6) is 0 Å². The fourth-order valence-electron chi connectivity index (χ4n) is 2.66. The van der Waals surface area contributed by atoms with Crippen LogP contribution in [0.25, 0.3) is 11.3 Å². The Hall–Kier alpha value is -1.90. The number of nitrogens with zero attached hydrogens (tertiary/aromatic N) is 2. The summed E-state index contributed by atoms with van der Waals surface area (Å²) in [6, 6.07) is 9.98. The molecule has 1 aliphatic heterocycles. The summed E-state index contributed by atoms with van der Waals surface area (Å²) in [5.74, 6) is 0.122. The average molecular weight is 240 g/mol. The van der Waals surface area contributed by atoms with Gasteiger partial charge in [0.15, 0.2) is 5.78 Å². The van der Waals surface area contributed by atoms with Crippen LogP contribution in [0, 0.1) is 0 Å². The third kappa shape index (κ3) is 1.76. The van der Waals surface area contributed by atoms with E-state index in [-0.39, 0.29) is 5.78 Å². The zero-order valence-corrected chi connectivity index (χ0v) is 10.5. The number of rotatable bonds is 2. The Morgan fingerprint density at radius 2 is 2.00 bits per heavy atom. The Morgan fingerprint density at radius 1 is 1.22 bits per heavy atom. The molecule has 1 aromatic carbocycles. The number of carbonyl (C=O) groups is 1. The molecule has 18 heavy (non-hydrogen) atoms. The summed E-state index contributed by atoms with van der Waals surface area (Å²) in [6.45, 7) is 2.57. The molecular formula is C15H16N2O. The number of fused-ring (bicyclic) bond motifs is 1. The maximum Gasteiger partial charge on any atom is 0.163 e. The van der Waals surface area contributed by atoms with Crippen molar-refractivity contribution in [1.82, 2.24) is 9.78 Å². The van der Waals surface area contributed by atoms with Gasteiger partial charge in [-0.2, -0.15) is 5.10 Å². The van der Waals surface area contributed by atoms with E-state index >= 15 is 0 Å². The molecule has 0 saturated heterocycles. The average Bonchev–Trinajstić information content (AvgIpc) is 2.79. The maximum absolute atomic E-state index is 11.9. The van der Waals surface area contributed by atoms with Crippen LogP contribution >= 0.6 is 0 Å². The van der Waals surface area contributed by atoms with Gasteiger partial charge in [0.1, 0.15) is 5.69 Å². The fourth-order valence-corrected chi connectivity index (χ4v) is 2.66. The molecule has 1 aliphatic rings. The van der Waals surface area contributed by atoms with Crippen LogP contribution in [-0.4, -0.2) is 15.6 Å². The number of Topliss-reactive ketones (excluding diaryl/α,β-unsaturated/α-hetero) is 1. The van der Waals surface area contributed by atoms with Crippen molar-refractivity contribution in [3.8, 4) is 11.3 Å². The third-order valence-corrected chi connectivity index (χ3v) is 3.49. The molecule has 2 aromatic rings. The Balaban J connectivity index is 2.20. The first kappa shape index (κ1) is 11.2. The predicted octanol–water partition coefficient (Wildman–Crippen LogP) is 3.09. The van der Waals surface area contributed by atoms with Crippen LogP contribution in [0.2, 0.25) is 0 Å². The molecule has 0 N–H and O–H groups in total. The maximum atomic E-state index is 11.9. The number of aryl methyl sites for hydroxylation is 1. The molecule has 0 radical (unpaired) electrons. The number of benzene rings is 1. The lowest BCUT2D eigenvalue weighted by molar-refractivity contribution is 0.101. The minimum Gasteiger partial charge on any atom is -0.294 e. The molecule has 0 amide bonds. The molecule has 0 aliphatic carbocycles. The predicted molar refractivity (Wildman–Crippen MR) is 70.6 cm³/mol. The van der Waals surface area contributed by atoms with Crippen molar-refractivity contribution in [1.29, 1.82) is 0 Å². The number of aromatic nitrogens is 2. The molecule has 0 atom stereocenters. The smallest absolute Gasteiger partial charge is 0.163 e. The van der Waals surface area contributed by atoms with Crippen LogP contribution in [-0.2, 0) is 13.0 Å². The molecule has 1 aromatic heterocycles. The Bertz CT molecular complexity index is 584.